The molecule has 1 aliphatic heterocycles. The molecule has 1 saturated heterocycles. The first kappa shape index (κ1) is 14.9. The Bertz CT molecular complexity index is 360. The summed E-state index contributed by atoms with van der Waals surface area (Å²) in [6.45, 7) is 4.08. The van der Waals surface area contributed by atoms with Crippen molar-refractivity contribution >= 4 is 11.8 Å². The summed E-state index contributed by atoms with van der Waals surface area (Å²) in [4.78, 5) is 0. The second-order valence-electron chi connectivity index (χ2n) is 5.08. The van der Waals surface area contributed by atoms with Crippen LogP contribution in [-0.2, 0) is 11.2 Å². The van der Waals surface area contributed by atoms with E-state index in [-0.39, 0.29) is 0 Å². The summed E-state index contributed by atoms with van der Waals surface area (Å²) in [5.74, 6) is 1.15. The molecule has 0 amide bonds. The van der Waals surface area contributed by atoms with Crippen LogP contribution in [0.4, 0.5) is 0 Å². The molecule has 1 aromatic rings. The molecule has 0 saturated carbocycles. The molecule has 2 rings (SSSR count). The minimum absolute atomic E-state index is 0.457. The van der Waals surface area contributed by atoms with Crippen molar-refractivity contribution < 1.29 is 4.74 Å². The molecule has 0 aliphatic carbocycles. The van der Waals surface area contributed by atoms with E-state index in [1.54, 1.807) is 0 Å². The number of rotatable bonds is 6. The Kier molecular flexibility index (Phi) is 6.21. The summed E-state index contributed by atoms with van der Waals surface area (Å²) in [5, 5.41) is 4.22. The first-order valence-electron chi connectivity index (χ1n) is 7.29. The average molecular weight is 279 g/mol. The van der Waals surface area contributed by atoms with Crippen molar-refractivity contribution in [3.63, 3.8) is 0 Å². The van der Waals surface area contributed by atoms with Crippen LogP contribution in [0.3, 0.4) is 0 Å². The van der Waals surface area contributed by atoms with Crippen LogP contribution < -0.4 is 5.32 Å². The Morgan fingerprint density at radius 3 is 2.53 bits per heavy atom. The summed E-state index contributed by atoms with van der Waals surface area (Å²) >= 11 is 2.09. The maximum absolute atomic E-state index is 5.41. The van der Waals surface area contributed by atoms with E-state index in [4.69, 9.17) is 4.74 Å². The maximum atomic E-state index is 5.41. The normalized spacial score (nSPS) is 18.4. The lowest BCUT2D eigenvalue weighted by Crippen LogP contribution is -2.23. The average Bonchev–Trinajstić information content (AvgIpc) is 2.49. The molecular weight excluding hydrogens is 254 g/mol. The molecule has 1 heterocycles. The number of hydrogen-bond donors (Lipinski definition) is 1. The van der Waals surface area contributed by atoms with E-state index >= 15 is 0 Å². The first-order valence-corrected chi connectivity index (χ1v) is 8.33. The van der Waals surface area contributed by atoms with Gasteiger partial charge in [0, 0.05) is 30.3 Å². The van der Waals surface area contributed by atoms with Gasteiger partial charge < -0.3 is 10.1 Å². The highest BCUT2D eigenvalue weighted by molar-refractivity contribution is 7.99. The van der Waals surface area contributed by atoms with Crippen LogP contribution in [0, 0.1) is 0 Å². The van der Waals surface area contributed by atoms with Gasteiger partial charge in [-0.15, -0.1) is 0 Å². The van der Waals surface area contributed by atoms with E-state index in [1.165, 1.54) is 24.0 Å². The first-order chi connectivity index (χ1) is 9.33. The lowest BCUT2D eigenvalue weighted by Gasteiger charge is -2.24. The van der Waals surface area contributed by atoms with Crippen LogP contribution in [0.2, 0.25) is 0 Å². The molecule has 1 unspecified atom stereocenters. The number of hydrogen-bond acceptors (Lipinski definition) is 3. The van der Waals surface area contributed by atoms with E-state index in [9.17, 15) is 0 Å². The van der Waals surface area contributed by atoms with Crippen LogP contribution in [0.1, 0.15) is 36.9 Å². The molecule has 19 heavy (non-hydrogen) atoms. The van der Waals surface area contributed by atoms with Crippen molar-refractivity contribution in [1.82, 2.24) is 5.32 Å². The molecule has 1 aliphatic rings. The highest BCUT2D eigenvalue weighted by Gasteiger charge is 2.17. The summed E-state index contributed by atoms with van der Waals surface area (Å²) < 4.78 is 5.41. The number of ether oxygens (including phenoxy) is 1. The predicted octanol–water partition coefficient (Wildman–Crippen LogP) is 3.42. The lowest BCUT2D eigenvalue weighted by molar-refractivity contribution is 0.1000. The fraction of sp³-hybridized carbons (Fsp3) is 0.625. The van der Waals surface area contributed by atoms with Crippen molar-refractivity contribution in [3.8, 4) is 0 Å². The van der Waals surface area contributed by atoms with Crippen LogP contribution in [0.25, 0.3) is 0 Å². The highest BCUT2D eigenvalue weighted by atomic mass is 32.2. The molecule has 1 N–H and O–H groups in total. The van der Waals surface area contributed by atoms with E-state index < -0.39 is 0 Å². The zero-order chi connectivity index (χ0) is 13.5. The third-order valence-corrected chi connectivity index (χ3v) is 5.27. The smallest absolute Gasteiger partial charge is 0.0476 e. The Morgan fingerprint density at radius 1 is 1.26 bits per heavy atom. The fourth-order valence-corrected chi connectivity index (χ4v) is 3.76. The Labute approximate surface area is 121 Å². The molecule has 0 bridgehead atoms. The van der Waals surface area contributed by atoms with Crippen LogP contribution >= 0.6 is 11.8 Å². The van der Waals surface area contributed by atoms with Crippen molar-refractivity contribution in [2.45, 2.75) is 37.5 Å². The highest BCUT2D eigenvalue weighted by Crippen LogP contribution is 2.27. The molecule has 3 heteroatoms. The third kappa shape index (κ3) is 4.51. The second-order valence-corrected chi connectivity index (χ2v) is 6.41. The van der Waals surface area contributed by atoms with Crippen molar-refractivity contribution in [1.29, 1.82) is 0 Å². The summed E-state index contributed by atoms with van der Waals surface area (Å²) in [6, 6.07) is 9.49. The van der Waals surface area contributed by atoms with Crippen molar-refractivity contribution in [3.05, 3.63) is 35.4 Å². The van der Waals surface area contributed by atoms with Gasteiger partial charge in [0.05, 0.1) is 0 Å². The Morgan fingerprint density at radius 2 is 1.95 bits per heavy atom. The van der Waals surface area contributed by atoms with Gasteiger partial charge in [-0.05, 0) is 37.4 Å². The Hall–Kier alpha value is -0.510. The number of benzene rings is 1. The number of nitrogens with one attached hydrogen (secondary N) is 1. The van der Waals surface area contributed by atoms with E-state index in [2.05, 4.69) is 55.3 Å². The quantitative estimate of drug-likeness (QED) is 0.862. The van der Waals surface area contributed by atoms with Crippen LogP contribution in [0.15, 0.2) is 24.3 Å². The van der Waals surface area contributed by atoms with Crippen molar-refractivity contribution in [2.24, 2.45) is 0 Å². The van der Waals surface area contributed by atoms with Gasteiger partial charge in [0.2, 0.25) is 0 Å². The van der Waals surface area contributed by atoms with Gasteiger partial charge in [0.1, 0.15) is 0 Å². The lowest BCUT2D eigenvalue weighted by atomic mass is 10.1. The largest absolute Gasteiger partial charge is 0.381 e. The summed E-state index contributed by atoms with van der Waals surface area (Å²) in [6.07, 6.45) is 3.52. The molecule has 0 radical (unpaired) electrons. The molecule has 2 nitrogen and oxygen atoms in total. The molecule has 106 valence electrons. The zero-order valence-corrected chi connectivity index (χ0v) is 12.8. The van der Waals surface area contributed by atoms with Gasteiger partial charge in [0.25, 0.3) is 0 Å². The molecule has 0 spiro atoms. The van der Waals surface area contributed by atoms with E-state index in [0.717, 1.165) is 30.6 Å². The van der Waals surface area contributed by atoms with Gasteiger partial charge in [-0.1, -0.05) is 31.2 Å². The third-order valence-electron chi connectivity index (χ3n) is 3.81. The van der Waals surface area contributed by atoms with E-state index in [1.807, 2.05) is 0 Å². The molecular formula is C16H25NOS. The second kappa shape index (κ2) is 7.93. The van der Waals surface area contributed by atoms with Gasteiger partial charge in [0.15, 0.2) is 0 Å². The van der Waals surface area contributed by atoms with Gasteiger partial charge in [-0.3, -0.25) is 0 Å². The van der Waals surface area contributed by atoms with E-state index in [0.29, 0.717) is 6.04 Å². The van der Waals surface area contributed by atoms with Gasteiger partial charge >= 0.3 is 0 Å². The van der Waals surface area contributed by atoms with Gasteiger partial charge in [-0.25, -0.2) is 0 Å². The molecule has 1 aromatic carbocycles. The SMILES string of the molecule is CCc1ccc(C(CSC2CCOCC2)NC)cc1. The van der Waals surface area contributed by atoms with Crippen LogP contribution in [0.5, 0.6) is 0 Å². The monoisotopic (exact) mass is 279 g/mol. The number of thioether (sulfide) groups is 1. The maximum Gasteiger partial charge on any atom is 0.0476 e. The number of aryl methyl sites for hydroxylation is 1. The summed E-state index contributed by atoms with van der Waals surface area (Å²) in [5.41, 5.74) is 2.81. The zero-order valence-electron chi connectivity index (χ0n) is 12.0. The molecule has 1 atom stereocenters. The molecule has 0 aromatic heterocycles. The Balaban J connectivity index is 1.87. The van der Waals surface area contributed by atoms with Crippen LogP contribution in [-0.4, -0.2) is 31.3 Å². The predicted molar refractivity (Wildman–Crippen MR) is 83.9 cm³/mol. The fourth-order valence-electron chi connectivity index (χ4n) is 2.41. The topological polar surface area (TPSA) is 21.3 Å². The molecule has 1 fully saturated rings. The standard InChI is InChI=1S/C16H25NOS/c1-3-13-4-6-14(7-5-13)16(17-2)12-19-15-8-10-18-11-9-15/h4-7,15-17H,3,8-12H2,1-2H3. The minimum Gasteiger partial charge on any atom is -0.381 e. The summed E-state index contributed by atoms with van der Waals surface area (Å²) in [7, 11) is 2.06. The minimum atomic E-state index is 0.457. The van der Waals surface area contributed by atoms with Gasteiger partial charge in [-0.2, -0.15) is 11.8 Å². The van der Waals surface area contributed by atoms with Crippen molar-refractivity contribution in [2.75, 3.05) is 26.0 Å².